The third kappa shape index (κ3) is 3.61. The smallest absolute Gasteiger partial charge is 0.337 e. The molecule has 4 aromatic rings. The maximum absolute atomic E-state index is 11.7. The molecular formula is C26H26N2O2. The van der Waals surface area contributed by atoms with E-state index in [-0.39, 0.29) is 11.4 Å². The molecule has 0 N–H and O–H groups in total. The zero-order chi connectivity index (χ0) is 21.5. The molecule has 0 saturated heterocycles. The molecule has 0 aliphatic heterocycles. The standard InChI is InChI=1S/C26H26N2O2/c1-26(2,3)21-13-10-18(11-14-21)23-16-20-12-15-22(27-24(20)28(23)4)17-6-8-19(9-7-17)25(29)30-5/h6-16H,1-5H3. The Morgan fingerprint density at radius 1 is 0.900 bits per heavy atom. The van der Waals surface area contributed by atoms with E-state index in [1.54, 1.807) is 12.1 Å². The Morgan fingerprint density at radius 2 is 1.53 bits per heavy atom. The summed E-state index contributed by atoms with van der Waals surface area (Å²) >= 11 is 0. The number of aryl methyl sites for hydroxylation is 1. The molecule has 152 valence electrons. The van der Waals surface area contributed by atoms with Crippen LogP contribution in [0.5, 0.6) is 0 Å². The van der Waals surface area contributed by atoms with Gasteiger partial charge in [-0.15, -0.1) is 0 Å². The molecule has 0 unspecified atom stereocenters. The summed E-state index contributed by atoms with van der Waals surface area (Å²) < 4.78 is 6.90. The number of esters is 1. The number of hydrogen-bond donors (Lipinski definition) is 0. The topological polar surface area (TPSA) is 44.1 Å². The molecule has 2 aromatic heterocycles. The molecule has 30 heavy (non-hydrogen) atoms. The average Bonchev–Trinajstić information content (AvgIpc) is 3.08. The van der Waals surface area contributed by atoms with Crippen LogP contribution in [0.1, 0.15) is 36.7 Å². The van der Waals surface area contributed by atoms with Crippen LogP contribution in [0.25, 0.3) is 33.5 Å². The van der Waals surface area contributed by atoms with Gasteiger partial charge >= 0.3 is 5.97 Å². The van der Waals surface area contributed by atoms with Crippen LogP contribution in [0.2, 0.25) is 0 Å². The van der Waals surface area contributed by atoms with E-state index >= 15 is 0 Å². The fourth-order valence-corrected chi connectivity index (χ4v) is 3.67. The largest absolute Gasteiger partial charge is 0.465 e. The number of methoxy groups -OCH3 is 1. The quantitative estimate of drug-likeness (QED) is 0.398. The number of benzene rings is 2. The molecule has 0 bridgehead atoms. The summed E-state index contributed by atoms with van der Waals surface area (Å²) in [5.74, 6) is -0.338. The Morgan fingerprint density at radius 3 is 2.13 bits per heavy atom. The molecule has 0 amide bonds. The van der Waals surface area contributed by atoms with Crippen molar-refractivity contribution >= 4 is 17.0 Å². The summed E-state index contributed by atoms with van der Waals surface area (Å²) in [4.78, 5) is 16.5. The second-order valence-electron chi connectivity index (χ2n) is 8.59. The zero-order valence-corrected chi connectivity index (χ0v) is 18.1. The normalized spacial score (nSPS) is 11.6. The Balaban J connectivity index is 1.71. The SMILES string of the molecule is COC(=O)c1ccc(-c2ccc3cc(-c4ccc(C(C)(C)C)cc4)n(C)c3n2)cc1. The second kappa shape index (κ2) is 7.45. The van der Waals surface area contributed by atoms with E-state index < -0.39 is 0 Å². The van der Waals surface area contributed by atoms with E-state index in [4.69, 9.17) is 9.72 Å². The van der Waals surface area contributed by atoms with Crippen LogP contribution in [0.15, 0.2) is 66.7 Å². The van der Waals surface area contributed by atoms with Crippen LogP contribution in [-0.2, 0) is 17.2 Å². The van der Waals surface area contributed by atoms with Gasteiger partial charge in [0.25, 0.3) is 0 Å². The minimum absolute atomic E-state index is 0.136. The molecule has 4 rings (SSSR count). The maximum atomic E-state index is 11.7. The second-order valence-corrected chi connectivity index (χ2v) is 8.59. The maximum Gasteiger partial charge on any atom is 0.337 e. The van der Waals surface area contributed by atoms with E-state index in [1.165, 1.54) is 18.2 Å². The highest BCUT2D eigenvalue weighted by Gasteiger charge is 2.15. The first-order valence-electron chi connectivity index (χ1n) is 10.0. The third-order valence-corrected chi connectivity index (χ3v) is 5.53. The van der Waals surface area contributed by atoms with Gasteiger partial charge < -0.3 is 9.30 Å². The monoisotopic (exact) mass is 398 g/mol. The van der Waals surface area contributed by atoms with Gasteiger partial charge in [0.15, 0.2) is 0 Å². The third-order valence-electron chi connectivity index (χ3n) is 5.53. The van der Waals surface area contributed by atoms with Crippen molar-refractivity contribution in [3.05, 3.63) is 77.9 Å². The first kappa shape index (κ1) is 19.9. The van der Waals surface area contributed by atoms with Crippen LogP contribution in [0.3, 0.4) is 0 Å². The Hall–Kier alpha value is -3.40. The molecule has 0 aliphatic rings. The van der Waals surface area contributed by atoms with Crippen molar-refractivity contribution < 1.29 is 9.53 Å². The van der Waals surface area contributed by atoms with Crippen LogP contribution >= 0.6 is 0 Å². The van der Waals surface area contributed by atoms with Crippen molar-refractivity contribution in [3.8, 4) is 22.5 Å². The zero-order valence-electron chi connectivity index (χ0n) is 18.1. The number of fused-ring (bicyclic) bond motifs is 1. The summed E-state index contributed by atoms with van der Waals surface area (Å²) in [5.41, 5.74) is 7.06. The van der Waals surface area contributed by atoms with Crippen molar-refractivity contribution in [2.45, 2.75) is 26.2 Å². The lowest BCUT2D eigenvalue weighted by molar-refractivity contribution is 0.0601. The molecule has 0 spiro atoms. The average molecular weight is 399 g/mol. The van der Waals surface area contributed by atoms with Crippen molar-refractivity contribution in [1.82, 2.24) is 9.55 Å². The molecule has 4 nitrogen and oxygen atoms in total. The molecule has 0 radical (unpaired) electrons. The van der Waals surface area contributed by atoms with Crippen molar-refractivity contribution in [2.75, 3.05) is 7.11 Å². The van der Waals surface area contributed by atoms with Crippen molar-refractivity contribution in [2.24, 2.45) is 7.05 Å². The highest BCUT2D eigenvalue weighted by atomic mass is 16.5. The fraction of sp³-hybridized carbons (Fsp3) is 0.231. The van der Waals surface area contributed by atoms with Crippen LogP contribution in [-0.4, -0.2) is 22.6 Å². The molecule has 0 aliphatic carbocycles. The van der Waals surface area contributed by atoms with Gasteiger partial charge in [0, 0.05) is 18.0 Å². The lowest BCUT2D eigenvalue weighted by Gasteiger charge is -2.19. The summed E-state index contributed by atoms with van der Waals surface area (Å²) in [6, 6.07) is 22.4. The van der Waals surface area contributed by atoms with Gasteiger partial charge in [-0.1, -0.05) is 57.2 Å². The molecule has 0 saturated carbocycles. The number of hydrogen-bond acceptors (Lipinski definition) is 3. The molecule has 0 fully saturated rings. The molecule has 2 heterocycles. The lowest BCUT2D eigenvalue weighted by atomic mass is 9.86. The predicted octanol–water partition coefficient (Wildman–Crippen LogP) is 5.99. The number of aromatic nitrogens is 2. The van der Waals surface area contributed by atoms with E-state index in [0.717, 1.165) is 28.0 Å². The van der Waals surface area contributed by atoms with E-state index in [0.29, 0.717) is 5.56 Å². The number of ether oxygens (including phenoxy) is 1. The van der Waals surface area contributed by atoms with Gasteiger partial charge in [-0.05, 0) is 46.9 Å². The minimum Gasteiger partial charge on any atom is -0.465 e. The van der Waals surface area contributed by atoms with Crippen LogP contribution in [0.4, 0.5) is 0 Å². The van der Waals surface area contributed by atoms with Crippen LogP contribution < -0.4 is 0 Å². The Kier molecular flexibility index (Phi) is 4.94. The summed E-state index contributed by atoms with van der Waals surface area (Å²) in [7, 11) is 3.43. The summed E-state index contributed by atoms with van der Waals surface area (Å²) in [6.07, 6.45) is 0. The summed E-state index contributed by atoms with van der Waals surface area (Å²) in [6.45, 7) is 6.67. The highest BCUT2D eigenvalue weighted by molar-refractivity contribution is 5.90. The lowest BCUT2D eigenvalue weighted by Crippen LogP contribution is -2.10. The number of carbonyl (C=O) groups is 1. The number of nitrogens with zero attached hydrogens (tertiary/aromatic N) is 2. The number of pyridine rings is 1. The van der Waals surface area contributed by atoms with Gasteiger partial charge in [-0.25, -0.2) is 9.78 Å². The van der Waals surface area contributed by atoms with Crippen LogP contribution in [0, 0.1) is 0 Å². The van der Waals surface area contributed by atoms with Gasteiger partial charge in [-0.3, -0.25) is 0 Å². The predicted molar refractivity (Wildman–Crippen MR) is 122 cm³/mol. The minimum atomic E-state index is -0.338. The number of carbonyl (C=O) groups excluding carboxylic acids is 1. The fourth-order valence-electron chi connectivity index (χ4n) is 3.67. The van der Waals surface area contributed by atoms with Crippen molar-refractivity contribution in [1.29, 1.82) is 0 Å². The van der Waals surface area contributed by atoms with E-state index in [9.17, 15) is 4.79 Å². The molecule has 2 aromatic carbocycles. The van der Waals surface area contributed by atoms with Gasteiger partial charge in [0.1, 0.15) is 5.65 Å². The molecule has 0 atom stereocenters. The Labute approximate surface area is 177 Å². The first-order valence-corrected chi connectivity index (χ1v) is 10.0. The van der Waals surface area contributed by atoms with Gasteiger partial charge in [0.2, 0.25) is 0 Å². The Bertz CT molecular complexity index is 1210. The molecule has 4 heteroatoms. The van der Waals surface area contributed by atoms with Crippen molar-refractivity contribution in [3.63, 3.8) is 0 Å². The van der Waals surface area contributed by atoms with Gasteiger partial charge in [0.05, 0.1) is 24.1 Å². The van der Waals surface area contributed by atoms with Gasteiger partial charge in [-0.2, -0.15) is 0 Å². The summed E-state index contributed by atoms with van der Waals surface area (Å²) in [5, 5.41) is 1.10. The molecular weight excluding hydrogens is 372 g/mol. The highest BCUT2D eigenvalue weighted by Crippen LogP contribution is 2.30. The van der Waals surface area contributed by atoms with E-state index in [1.807, 2.05) is 25.2 Å². The van der Waals surface area contributed by atoms with E-state index in [2.05, 4.69) is 61.7 Å². The number of rotatable bonds is 3. The first-order chi connectivity index (χ1) is 14.3.